The molecule has 2 heterocycles. The minimum atomic E-state index is 0.640. The van der Waals surface area contributed by atoms with Crippen molar-refractivity contribution in [3.8, 4) is 0 Å². The third kappa shape index (κ3) is 1.29. The highest BCUT2D eigenvalue weighted by Crippen LogP contribution is 2.19. The number of nitrogen functional groups attached to an aromatic ring is 1. The molecule has 2 aromatic heterocycles. The van der Waals surface area contributed by atoms with E-state index in [4.69, 9.17) is 5.73 Å². The van der Waals surface area contributed by atoms with Crippen molar-refractivity contribution in [1.82, 2.24) is 14.6 Å². The first-order valence-electron chi connectivity index (χ1n) is 4.01. The van der Waals surface area contributed by atoms with E-state index in [0.717, 1.165) is 22.4 Å². The van der Waals surface area contributed by atoms with Crippen LogP contribution in [0.1, 0.15) is 12.7 Å². The molecule has 0 spiro atoms. The molecule has 0 aliphatic rings. The van der Waals surface area contributed by atoms with Crippen LogP contribution in [-0.2, 0) is 6.42 Å². The number of anilines is 1. The van der Waals surface area contributed by atoms with Gasteiger partial charge in [0.1, 0.15) is 5.82 Å². The van der Waals surface area contributed by atoms with Crippen LogP contribution in [0, 0.1) is 0 Å². The smallest absolute Gasteiger partial charge is 0.184 e. The van der Waals surface area contributed by atoms with Gasteiger partial charge in [0.25, 0.3) is 0 Å². The summed E-state index contributed by atoms with van der Waals surface area (Å²) in [6.45, 7) is 2.04. The number of nitrogens with zero attached hydrogens (tertiary/aromatic N) is 3. The highest BCUT2D eigenvalue weighted by molar-refractivity contribution is 9.10. The fourth-order valence-electron chi connectivity index (χ4n) is 1.27. The Morgan fingerprint density at radius 2 is 2.31 bits per heavy atom. The number of aromatic nitrogens is 3. The Balaban J connectivity index is 2.82. The molecule has 0 aliphatic heterocycles. The predicted molar refractivity (Wildman–Crippen MR) is 54.5 cm³/mol. The van der Waals surface area contributed by atoms with Crippen LogP contribution in [0.25, 0.3) is 5.65 Å². The number of hydrogen-bond donors (Lipinski definition) is 1. The fraction of sp³-hybridized carbons (Fsp3) is 0.250. The number of halogens is 1. The van der Waals surface area contributed by atoms with Gasteiger partial charge in [-0.05, 0) is 22.0 Å². The molecule has 2 N–H and O–H groups in total. The monoisotopic (exact) mass is 240 g/mol. The lowest BCUT2D eigenvalue weighted by molar-refractivity contribution is 0.908. The van der Waals surface area contributed by atoms with Gasteiger partial charge in [0.15, 0.2) is 5.65 Å². The second kappa shape index (κ2) is 2.99. The normalized spacial score (nSPS) is 10.9. The molecule has 4 nitrogen and oxygen atoms in total. The molecule has 0 aromatic carbocycles. The van der Waals surface area contributed by atoms with E-state index < -0.39 is 0 Å². The molecule has 2 aromatic rings. The van der Waals surface area contributed by atoms with Gasteiger partial charge in [0.05, 0.1) is 5.69 Å². The van der Waals surface area contributed by atoms with Crippen molar-refractivity contribution in [2.24, 2.45) is 0 Å². The first-order valence-corrected chi connectivity index (χ1v) is 4.80. The maximum absolute atomic E-state index is 5.77. The molecule has 0 saturated heterocycles. The van der Waals surface area contributed by atoms with E-state index in [1.165, 1.54) is 0 Å². The van der Waals surface area contributed by atoms with Crippen molar-refractivity contribution < 1.29 is 0 Å². The summed E-state index contributed by atoms with van der Waals surface area (Å²) in [7, 11) is 0. The number of aryl methyl sites for hydroxylation is 1. The highest BCUT2D eigenvalue weighted by Gasteiger charge is 2.06. The van der Waals surface area contributed by atoms with Crippen molar-refractivity contribution in [2.75, 3.05) is 5.73 Å². The minimum absolute atomic E-state index is 0.640. The van der Waals surface area contributed by atoms with Crippen LogP contribution >= 0.6 is 15.9 Å². The van der Waals surface area contributed by atoms with Crippen LogP contribution < -0.4 is 5.73 Å². The quantitative estimate of drug-likeness (QED) is 0.825. The number of fused-ring (bicyclic) bond motifs is 1. The molecular weight excluding hydrogens is 232 g/mol. The Morgan fingerprint density at radius 3 is 3.00 bits per heavy atom. The van der Waals surface area contributed by atoms with Gasteiger partial charge in [-0.15, -0.1) is 10.2 Å². The van der Waals surface area contributed by atoms with Crippen LogP contribution in [0.2, 0.25) is 0 Å². The van der Waals surface area contributed by atoms with E-state index in [1.807, 2.05) is 23.6 Å². The summed E-state index contributed by atoms with van der Waals surface area (Å²) < 4.78 is 2.84. The van der Waals surface area contributed by atoms with Crippen LogP contribution in [0.4, 0.5) is 5.69 Å². The van der Waals surface area contributed by atoms with Gasteiger partial charge in [0.2, 0.25) is 0 Å². The third-order valence-corrected chi connectivity index (χ3v) is 2.32. The second-order valence-corrected chi connectivity index (χ2v) is 3.69. The molecule has 0 bridgehead atoms. The molecule has 0 saturated carbocycles. The molecule has 13 heavy (non-hydrogen) atoms. The van der Waals surface area contributed by atoms with Crippen molar-refractivity contribution in [3.05, 3.63) is 22.6 Å². The molecule has 0 fully saturated rings. The number of nitrogens with two attached hydrogens (primary N) is 1. The van der Waals surface area contributed by atoms with E-state index in [9.17, 15) is 0 Å². The second-order valence-electron chi connectivity index (χ2n) is 2.78. The molecule has 5 heteroatoms. The Morgan fingerprint density at radius 1 is 1.54 bits per heavy atom. The van der Waals surface area contributed by atoms with Gasteiger partial charge >= 0.3 is 0 Å². The molecule has 0 amide bonds. The van der Waals surface area contributed by atoms with Gasteiger partial charge in [-0.1, -0.05) is 6.92 Å². The molecule has 68 valence electrons. The molecular formula is C8H9BrN4. The number of rotatable bonds is 1. The van der Waals surface area contributed by atoms with E-state index in [-0.39, 0.29) is 0 Å². The van der Waals surface area contributed by atoms with Crippen LogP contribution in [0.3, 0.4) is 0 Å². The average molecular weight is 241 g/mol. The van der Waals surface area contributed by atoms with Crippen molar-refractivity contribution in [2.45, 2.75) is 13.3 Å². The van der Waals surface area contributed by atoms with Gasteiger partial charge in [-0.3, -0.25) is 4.40 Å². The summed E-state index contributed by atoms with van der Waals surface area (Å²) in [6, 6.07) is 1.82. The Kier molecular flexibility index (Phi) is 1.95. The first-order chi connectivity index (χ1) is 6.22. The SMILES string of the molecule is CCc1nnc2c(N)cc(Br)cn12. The first kappa shape index (κ1) is 8.50. The summed E-state index contributed by atoms with van der Waals surface area (Å²) in [6.07, 6.45) is 2.77. The van der Waals surface area contributed by atoms with E-state index >= 15 is 0 Å². The Labute approximate surface area is 83.9 Å². The molecule has 0 unspecified atom stereocenters. The summed E-state index contributed by atoms with van der Waals surface area (Å²) in [5.74, 6) is 0.919. The van der Waals surface area contributed by atoms with E-state index in [1.54, 1.807) is 0 Å². The van der Waals surface area contributed by atoms with Crippen molar-refractivity contribution >= 4 is 27.3 Å². The molecule has 0 radical (unpaired) electrons. The molecule has 0 aliphatic carbocycles. The predicted octanol–water partition coefficient (Wildman–Crippen LogP) is 1.64. The maximum Gasteiger partial charge on any atom is 0.184 e. The van der Waals surface area contributed by atoms with Gasteiger partial charge in [-0.25, -0.2) is 0 Å². The zero-order valence-corrected chi connectivity index (χ0v) is 8.74. The summed E-state index contributed by atoms with van der Waals surface area (Å²) in [4.78, 5) is 0. The Bertz CT molecular complexity index is 449. The summed E-state index contributed by atoms with van der Waals surface area (Å²) in [5, 5.41) is 8.03. The van der Waals surface area contributed by atoms with E-state index in [0.29, 0.717) is 5.69 Å². The number of pyridine rings is 1. The lowest BCUT2D eigenvalue weighted by Crippen LogP contribution is -1.95. The van der Waals surface area contributed by atoms with Gasteiger partial charge in [-0.2, -0.15) is 0 Å². The van der Waals surface area contributed by atoms with Gasteiger partial charge in [0, 0.05) is 17.1 Å². The summed E-state index contributed by atoms with van der Waals surface area (Å²) >= 11 is 3.37. The standard InChI is InChI=1S/C8H9BrN4/c1-2-7-11-12-8-6(10)3-5(9)4-13(7)8/h3-4H,2,10H2,1H3. The fourth-order valence-corrected chi connectivity index (χ4v) is 1.72. The van der Waals surface area contributed by atoms with Crippen LogP contribution in [-0.4, -0.2) is 14.6 Å². The zero-order chi connectivity index (χ0) is 9.42. The van der Waals surface area contributed by atoms with E-state index in [2.05, 4.69) is 26.1 Å². The minimum Gasteiger partial charge on any atom is -0.396 e. The van der Waals surface area contributed by atoms with Crippen LogP contribution in [0.15, 0.2) is 16.7 Å². The molecule has 2 rings (SSSR count). The topological polar surface area (TPSA) is 56.2 Å². The van der Waals surface area contributed by atoms with Gasteiger partial charge < -0.3 is 5.73 Å². The third-order valence-electron chi connectivity index (χ3n) is 1.89. The summed E-state index contributed by atoms with van der Waals surface area (Å²) in [5.41, 5.74) is 7.13. The highest BCUT2D eigenvalue weighted by atomic mass is 79.9. The largest absolute Gasteiger partial charge is 0.396 e. The van der Waals surface area contributed by atoms with Crippen molar-refractivity contribution in [1.29, 1.82) is 0 Å². The van der Waals surface area contributed by atoms with Crippen molar-refractivity contribution in [3.63, 3.8) is 0 Å². The lowest BCUT2D eigenvalue weighted by atomic mass is 10.4. The average Bonchev–Trinajstić information content (AvgIpc) is 2.47. The van der Waals surface area contributed by atoms with Crippen LogP contribution in [0.5, 0.6) is 0 Å². The Hall–Kier alpha value is -1.10. The number of hydrogen-bond acceptors (Lipinski definition) is 3. The maximum atomic E-state index is 5.77. The zero-order valence-electron chi connectivity index (χ0n) is 7.16. The molecule has 0 atom stereocenters. The lowest BCUT2D eigenvalue weighted by Gasteiger charge is -1.99.